The number of anilines is 3. The number of benzene rings is 9. The van der Waals surface area contributed by atoms with Crippen LogP contribution < -0.4 is 4.90 Å². The average Bonchev–Trinajstić information content (AvgIpc) is 4.01. The molecule has 0 radical (unpaired) electrons. The summed E-state index contributed by atoms with van der Waals surface area (Å²) in [7, 11) is 0. The van der Waals surface area contributed by atoms with Crippen molar-refractivity contribution in [2.75, 3.05) is 4.90 Å². The Balaban J connectivity index is 1.04. The maximum Gasteiger partial charge on any atom is 0.0736 e. The van der Waals surface area contributed by atoms with Gasteiger partial charge in [0.05, 0.1) is 16.5 Å². The molecule has 2 spiro atoms. The zero-order valence-corrected chi connectivity index (χ0v) is 39.2. The van der Waals surface area contributed by atoms with Crippen molar-refractivity contribution in [3.8, 4) is 11.1 Å². The standard InChI is InChI=1S/C63H41NS3/c1-38-16-14-26-50-60(38)43-19-4-8-23-47(43)63(50)49-25-10-13-30-56(49)67-58-35-33-40(37-52(58)63)64(53-27-15-31-59-61(53)44-20-5-11-28-54(44)65-59)39-32-34-57-51(36-39)62(48-24-9-12-29-55(48)66-57)45-21-6-2-17-41(45)42-18-3-7-22-46(42)62/h2-13,15-25,27-37H,14,26H2,1H3. The molecule has 15 rings (SSSR count). The van der Waals surface area contributed by atoms with Gasteiger partial charge in [-0.2, -0.15) is 0 Å². The van der Waals surface area contributed by atoms with Gasteiger partial charge in [-0.3, -0.25) is 0 Å². The maximum absolute atomic E-state index is 2.61. The van der Waals surface area contributed by atoms with Gasteiger partial charge in [0.25, 0.3) is 0 Å². The molecule has 1 atom stereocenters. The molecule has 316 valence electrons. The molecule has 0 saturated carbocycles. The summed E-state index contributed by atoms with van der Waals surface area (Å²) in [5.74, 6) is 0. The van der Waals surface area contributed by atoms with E-state index < -0.39 is 10.8 Å². The summed E-state index contributed by atoms with van der Waals surface area (Å²) in [6, 6.07) is 76.7. The first kappa shape index (κ1) is 38.3. The molecular formula is C63H41NS3. The van der Waals surface area contributed by atoms with Gasteiger partial charge in [-0.25, -0.2) is 0 Å². The summed E-state index contributed by atoms with van der Waals surface area (Å²) >= 11 is 5.73. The van der Waals surface area contributed by atoms with Gasteiger partial charge in [-0.1, -0.05) is 163 Å². The predicted molar refractivity (Wildman–Crippen MR) is 282 cm³/mol. The lowest BCUT2D eigenvalue weighted by atomic mass is 9.65. The van der Waals surface area contributed by atoms with Crippen LogP contribution in [0.3, 0.4) is 0 Å². The molecule has 0 N–H and O–H groups in total. The summed E-state index contributed by atoms with van der Waals surface area (Å²) in [5, 5.41) is 2.59. The third kappa shape index (κ3) is 4.98. The molecule has 10 aromatic rings. The molecule has 0 bridgehead atoms. The lowest BCUT2D eigenvalue weighted by Gasteiger charge is -2.42. The molecule has 1 nitrogen and oxygen atoms in total. The Morgan fingerprint density at radius 3 is 1.61 bits per heavy atom. The van der Waals surface area contributed by atoms with E-state index in [0.29, 0.717) is 0 Å². The first-order valence-corrected chi connectivity index (χ1v) is 25.8. The van der Waals surface area contributed by atoms with Gasteiger partial charge < -0.3 is 4.90 Å². The van der Waals surface area contributed by atoms with Crippen LogP contribution in [0.4, 0.5) is 17.1 Å². The Labute approximate surface area is 403 Å². The van der Waals surface area contributed by atoms with Crippen LogP contribution in [0, 0.1) is 0 Å². The zero-order chi connectivity index (χ0) is 44.0. The van der Waals surface area contributed by atoms with Crippen molar-refractivity contribution in [3.05, 3.63) is 262 Å². The molecular weight excluding hydrogens is 867 g/mol. The fourth-order valence-corrected chi connectivity index (χ4v) is 16.4. The van der Waals surface area contributed by atoms with Gasteiger partial charge in [-0.05, 0) is 159 Å². The summed E-state index contributed by atoms with van der Waals surface area (Å²) < 4.78 is 2.60. The molecule has 1 aromatic heterocycles. The van der Waals surface area contributed by atoms with Gasteiger partial charge in [-0.15, -0.1) is 11.3 Å². The summed E-state index contributed by atoms with van der Waals surface area (Å²) in [6.45, 7) is 2.33. The second kappa shape index (κ2) is 14.1. The number of hydrogen-bond acceptors (Lipinski definition) is 4. The second-order valence-electron chi connectivity index (χ2n) is 18.6. The summed E-state index contributed by atoms with van der Waals surface area (Å²) in [4.78, 5) is 7.90. The minimum absolute atomic E-state index is 0.418. The van der Waals surface area contributed by atoms with Gasteiger partial charge in [0, 0.05) is 51.1 Å². The Bertz CT molecular complexity index is 3820. The fraction of sp³-hybridized carbons (Fsp3) is 0.0794. The van der Waals surface area contributed by atoms with Crippen molar-refractivity contribution >= 4 is 77.7 Å². The van der Waals surface area contributed by atoms with Gasteiger partial charge in [0.15, 0.2) is 0 Å². The first-order valence-electron chi connectivity index (χ1n) is 23.4. The molecule has 3 heterocycles. The van der Waals surface area contributed by atoms with Crippen molar-refractivity contribution in [3.63, 3.8) is 0 Å². The van der Waals surface area contributed by atoms with E-state index in [1.165, 1.54) is 118 Å². The third-order valence-corrected chi connectivity index (χ3v) is 18.9. The van der Waals surface area contributed by atoms with E-state index in [1.54, 1.807) is 5.57 Å². The molecule has 67 heavy (non-hydrogen) atoms. The number of hydrogen-bond donors (Lipinski definition) is 0. The molecule has 4 heteroatoms. The topological polar surface area (TPSA) is 3.24 Å². The van der Waals surface area contributed by atoms with Gasteiger partial charge in [0.2, 0.25) is 0 Å². The summed E-state index contributed by atoms with van der Waals surface area (Å²) in [5.41, 5.74) is 20.6. The average molecular weight is 908 g/mol. The highest BCUT2D eigenvalue weighted by atomic mass is 32.2. The molecule has 3 aliphatic carbocycles. The fourth-order valence-electron chi connectivity index (χ4n) is 13.0. The highest BCUT2D eigenvalue weighted by Crippen LogP contribution is 2.66. The van der Waals surface area contributed by atoms with Gasteiger partial charge >= 0.3 is 0 Å². The van der Waals surface area contributed by atoms with Crippen LogP contribution in [0.5, 0.6) is 0 Å². The van der Waals surface area contributed by atoms with Crippen LogP contribution in [0.15, 0.2) is 237 Å². The molecule has 2 aliphatic heterocycles. The third-order valence-electron chi connectivity index (χ3n) is 15.4. The highest BCUT2D eigenvalue weighted by Gasteiger charge is 2.53. The summed E-state index contributed by atoms with van der Waals surface area (Å²) in [6.07, 6.45) is 4.54. The van der Waals surface area contributed by atoms with E-state index in [2.05, 4.69) is 218 Å². The Morgan fingerprint density at radius 1 is 0.433 bits per heavy atom. The molecule has 0 amide bonds. The number of thiophene rings is 1. The Kier molecular flexibility index (Phi) is 8.06. The van der Waals surface area contributed by atoms with Crippen molar-refractivity contribution in [2.24, 2.45) is 0 Å². The monoisotopic (exact) mass is 907 g/mol. The molecule has 0 fully saturated rings. The van der Waals surface area contributed by atoms with Crippen LogP contribution in [-0.4, -0.2) is 0 Å². The van der Waals surface area contributed by atoms with E-state index in [4.69, 9.17) is 0 Å². The number of fused-ring (bicyclic) bond motifs is 20. The number of allylic oxidation sites excluding steroid dienone is 4. The van der Waals surface area contributed by atoms with E-state index >= 15 is 0 Å². The minimum atomic E-state index is -0.490. The molecule has 1 unspecified atom stereocenters. The SMILES string of the molecule is CC1=CCCC2=C1c1ccccc1C21c2ccccc2Sc2ccc(N(c3ccc4c(c3)C3(c5ccccc5S4)c4ccccc4-c4ccccc43)c3cccc4sc5ccccc5c34)cc21. The predicted octanol–water partition coefficient (Wildman–Crippen LogP) is 17.7. The van der Waals surface area contributed by atoms with E-state index in [-0.39, 0.29) is 0 Å². The first-order chi connectivity index (χ1) is 33.1. The van der Waals surface area contributed by atoms with Crippen LogP contribution in [0.1, 0.15) is 64.3 Å². The van der Waals surface area contributed by atoms with Gasteiger partial charge in [0.1, 0.15) is 0 Å². The lowest BCUT2D eigenvalue weighted by Crippen LogP contribution is -2.34. The normalized spacial score (nSPS) is 17.6. The van der Waals surface area contributed by atoms with Crippen LogP contribution in [0.25, 0.3) is 36.9 Å². The maximum atomic E-state index is 2.61. The van der Waals surface area contributed by atoms with Crippen molar-refractivity contribution in [1.82, 2.24) is 0 Å². The molecule has 9 aromatic carbocycles. The lowest BCUT2D eigenvalue weighted by molar-refractivity contribution is 0.663. The van der Waals surface area contributed by atoms with Crippen molar-refractivity contribution in [2.45, 2.75) is 50.2 Å². The molecule has 5 aliphatic rings. The highest BCUT2D eigenvalue weighted by molar-refractivity contribution is 7.99. The number of nitrogens with zero attached hydrogens (tertiary/aromatic N) is 1. The van der Waals surface area contributed by atoms with E-state index in [1.807, 2.05) is 34.9 Å². The zero-order valence-electron chi connectivity index (χ0n) is 36.7. The van der Waals surface area contributed by atoms with Crippen molar-refractivity contribution in [1.29, 1.82) is 0 Å². The smallest absolute Gasteiger partial charge is 0.0736 e. The van der Waals surface area contributed by atoms with E-state index in [0.717, 1.165) is 18.5 Å². The Morgan fingerprint density at radius 2 is 0.940 bits per heavy atom. The Hall–Kier alpha value is -6.82. The molecule has 0 saturated heterocycles. The van der Waals surface area contributed by atoms with E-state index in [9.17, 15) is 0 Å². The van der Waals surface area contributed by atoms with Crippen LogP contribution in [-0.2, 0) is 10.8 Å². The minimum Gasteiger partial charge on any atom is -0.310 e. The quantitative estimate of drug-likeness (QED) is 0.174. The van der Waals surface area contributed by atoms with Crippen LogP contribution in [0.2, 0.25) is 0 Å². The largest absolute Gasteiger partial charge is 0.310 e. The number of rotatable bonds is 3. The van der Waals surface area contributed by atoms with Crippen molar-refractivity contribution < 1.29 is 0 Å². The second-order valence-corrected chi connectivity index (χ2v) is 21.8. The van der Waals surface area contributed by atoms with Crippen LogP contribution >= 0.6 is 34.9 Å².